The smallest absolute Gasteiger partial charge is 0.206 e. The number of anilines is 2. The van der Waals surface area contributed by atoms with Gasteiger partial charge in [-0.1, -0.05) is 12.1 Å². The zero-order chi connectivity index (χ0) is 17.4. The van der Waals surface area contributed by atoms with Gasteiger partial charge in [0.25, 0.3) is 0 Å². The molecule has 6 heteroatoms. The summed E-state index contributed by atoms with van der Waals surface area (Å²) in [4.78, 5) is 21.7. The van der Waals surface area contributed by atoms with Gasteiger partial charge in [-0.3, -0.25) is 9.79 Å². The van der Waals surface area contributed by atoms with Gasteiger partial charge in [0.2, 0.25) is 5.96 Å². The Morgan fingerprint density at radius 3 is 2.68 bits per heavy atom. The van der Waals surface area contributed by atoms with E-state index in [9.17, 15) is 4.79 Å². The van der Waals surface area contributed by atoms with Crippen LogP contribution in [0.15, 0.2) is 47.5 Å². The summed E-state index contributed by atoms with van der Waals surface area (Å²) in [6, 6.07) is 13.3. The van der Waals surface area contributed by atoms with E-state index in [0.29, 0.717) is 17.1 Å². The molecule has 0 saturated carbocycles. The molecule has 2 aromatic rings. The highest BCUT2D eigenvalue weighted by atomic mass is 16.5. The fraction of sp³-hybridized carbons (Fsp3) is 0.263. The van der Waals surface area contributed by atoms with Crippen LogP contribution in [0.2, 0.25) is 0 Å². The molecule has 2 aliphatic heterocycles. The SMILES string of the molecule is COc1ccc(OC)c(C(=O)CN2C3=NCCN3c3ccccc32)c1. The molecule has 0 bridgehead atoms. The van der Waals surface area contributed by atoms with E-state index in [1.54, 1.807) is 32.4 Å². The number of fused-ring (bicyclic) bond motifs is 3. The number of benzene rings is 2. The zero-order valence-electron chi connectivity index (χ0n) is 14.2. The van der Waals surface area contributed by atoms with Gasteiger partial charge in [0.1, 0.15) is 11.5 Å². The zero-order valence-corrected chi connectivity index (χ0v) is 14.2. The second-order valence-electron chi connectivity index (χ2n) is 5.90. The van der Waals surface area contributed by atoms with Gasteiger partial charge in [-0.25, -0.2) is 0 Å². The molecule has 128 valence electrons. The van der Waals surface area contributed by atoms with E-state index in [0.717, 1.165) is 30.4 Å². The van der Waals surface area contributed by atoms with Gasteiger partial charge in [0, 0.05) is 6.54 Å². The fourth-order valence-corrected chi connectivity index (χ4v) is 3.34. The number of carbonyl (C=O) groups is 1. The van der Waals surface area contributed by atoms with Gasteiger partial charge in [-0.05, 0) is 30.3 Å². The van der Waals surface area contributed by atoms with Crippen LogP contribution in [-0.2, 0) is 0 Å². The molecule has 2 heterocycles. The molecule has 25 heavy (non-hydrogen) atoms. The number of Topliss-reactive ketones (excluding diaryl/α,β-unsaturated/α-hetero) is 1. The molecule has 0 aliphatic carbocycles. The third-order valence-electron chi connectivity index (χ3n) is 4.53. The van der Waals surface area contributed by atoms with E-state index in [4.69, 9.17) is 9.47 Å². The van der Waals surface area contributed by atoms with E-state index < -0.39 is 0 Å². The van der Waals surface area contributed by atoms with Crippen molar-refractivity contribution in [3.63, 3.8) is 0 Å². The normalized spacial score (nSPS) is 14.9. The van der Waals surface area contributed by atoms with Crippen molar-refractivity contribution >= 4 is 23.1 Å². The molecule has 0 spiro atoms. The summed E-state index contributed by atoms with van der Waals surface area (Å²) in [5.74, 6) is 1.98. The standard InChI is InChI=1S/C19H19N3O3/c1-24-13-7-8-18(25-2)14(11-13)17(23)12-22-16-6-4-3-5-15(16)21-10-9-20-19(21)22/h3-8,11H,9-10,12H2,1-2H3. The lowest BCUT2D eigenvalue weighted by Gasteiger charge is -2.19. The number of hydrogen-bond acceptors (Lipinski definition) is 6. The Morgan fingerprint density at radius 2 is 1.92 bits per heavy atom. The number of rotatable bonds is 5. The molecular weight excluding hydrogens is 318 g/mol. The van der Waals surface area contributed by atoms with Gasteiger partial charge in [0.05, 0.1) is 44.2 Å². The van der Waals surface area contributed by atoms with Crippen LogP contribution in [0, 0.1) is 0 Å². The Bertz CT molecular complexity index is 863. The van der Waals surface area contributed by atoms with E-state index in [1.165, 1.54) is 0 Å². The Morgan fingerprint density at radius 1 is 1.12 bits per heavy atom. The van der Waals surface area contributed by atoms with Crippen LogP contribution in [0.4, 0.5) is 11.4 Å². The molecule has 0 saturated heterocycles. The number of hydrogen-bond donors (Lipinski definition) is 0. The Hall–Kier alpha value is -3.02. The second-order valence-corrected chi connectivity index (χ2v) is 5.90. The Labute approximate surface area is 146 Å². The van der Waals surface area contributed by atoms with Crippen molar-refractivity contribution in [1.29, 1.82) is 0 Å². The first-order valence-electron chi connectivity index (χ1n) is 8.16. The molecule has 0 atom stereocenters. The largest absolute Gasteiger partial charge is 0.497 e. The molecule has 4 rings (SSSR count). The third-order valence-corrected chi connectivity index (χ3v) is 4.53. The molecule has 0 fully saturated rings. The molecule has 0 unspecified atom stereocenters. The van der Waals surface area contributed by atoms with Crippen LogP contribution in [-0.4, -0.2) is 45.6 Å². The van der Waals surface area contributed by atoms with Crippen LogP contribution in [0.3, 0.4) is 0 Å². The van der Waals surface area contributed by atoms with E-state index in [-0.39, 0.29) is 12.3 Å². The highest BCUT2D eigenvalue weighted by Crippen LogP contribution is 2.38. The van der Waals surface area contributed by atoms with Crippen LogP contribution in [0.25, 0.3) is 0 Å². The van der Waals surface area contributed by atoms with Crippen molar-refractivity contribution in [2.24, 2.45) is 4.99 Å². The molecule has 0 amide bonds. The maximum absolute atomic E-state index is 13.0. The summed E-state index contributed by atoms with van der Waals surface area (Å²) in [5.41, 5.74) is 2.62. The molecule has 2 aromatic carbocycles. The third kappa shape index (κ3) is 2.50. The minimum Gasteiger partial charge on any atom is -0.497 e. The predicted molar refractivity (Wildman–Crippen MR) is 97.3 cm³/mol. The summed E-state index contributed by atoms with van der Waals surface area (Å²) >= 11 is 0. The summed E-state index contributed by atoms with van der Waals surface area (Å²) in [6.45, 7) is 1.80. The first-order chi connectivity index (χ1) is 12.2. The minimum absolute atomic E-state index is 0.0398. The maximum atomic E-state index is 13.0. The second kappa shape index (κ2) is 6.12. The molecule has 6 nitrogen and oxygen atoms in total. The lowest BCUT2D eigenvalue weighted by atomic mass is 10.1. The van der Waals surface area contributed by atoms with Crippen molar-refractivity contribution in [3.8, 4) is 11.5 Å². The highest BCUT2D eigenvalue weighted by Gasteiger charge is 2.36. The van der Waals surface area contributed by atoms with Crippen LogP contribution < -0.4 is 19.3 Å². The van der Waals surface area contributed by atoms with Gasteiger partial charge >= 0.3 is 0 Å². The Balaban J connectivity index is 1.67. The topological polar surface area (TPSA) is 54.4 Å². The first kappa shape index (κ1) is 15.5. The predicted octanol–water partition coefficient (Wildman–Crippen LogP) is 2.58. The number of guanidine groups is 1. The van der Waals surface area contributed by atoms with Crippen molar-refractivity contribution in [2.45, 2.75) is 0 Å². The van der Waals surface area contributed by atoms with Gasteiger partial charge < -0.3 is 19.3 Å². The average Bonchev–Trinajstić information content (AvgIpc) is 3.24. The number of para-hydroxylation sites is 2. The summed E-state index contributed by atoms with van der Waals surface area (Å²) in [5, 5.41) is 0. The number of nitrogens with zero attached hydrogens (tertiary/aromatic N) is 3. The molecule has 0 N–H and O–H groups in total. The van der Waals surface area contributed by atoms with Crippen LogP contribution >= 0.6 is 0 Å². The molecular formula is C19H19N3O3. The molecule has 0 radical (unpaired) electrons. The van der Waals surface area contributed by atoms with Crippen molar-refractivity contribution in [1.82, 2.24) is 0 Å². The summed E-state index contributed by atoms with van der Waals surface area (Å²) in [6.07, 6.45) is 0. The molecule has 2 aliphatic rings. The van der Waals surface area contributed by atoms with Crippen LogP contribution in [0.1, 0.15) is 10.4 Å². The lowest BCUT2D eigenvalue weighted by molar-refractivity contribution is 0.0999. The number of ketones is 1. The van der Waals surface area contributed by atoms with E-state index in [2.05, 4.69) is 16.0 Å². The highest BCUT2D eigenvalue weighted by molar-refractivity contribution is 6.20. The fourth-order valence-electron chi connectivity index (χ4n) is 3.34. The van der Waals surface area contributed by atoms with Crippen molar-refractivity contribution in [2.75, 3.05) is 43.7 Å². The Kier molecular flexibility index (Phi) is 3.80. The number of methoxy groups -OCH3 is 2. The van der Waals surface area contributed by atoms with Gasteiger partial charge in [0.15, 0.2) is 5.78 Å². The first-order valence-corrected chi connectivity index (χ1v) is 8.16. The monoisotopic (exact) mass is 337 g/mol. The number of carbonyl (C=O) groups excluding carboxylic acids is 1. The minimum atomic E-state index is -0.0398. The van der Waals surface area contributed by atoms with Gasteiger partial charge in [-0.15, -0.1) is 0 Å². The lowest BCUT2D eigenvalue weighted by Crippen LogP contribution is -2.38. The van der Waals surface area contributed by atoms with E-state index >= 15 is 0 Å². The molecule has 0 aromatic heterocycles. The summed E-state index contributed by atoms with van der Waals surface area (Å²) in [7, 11) is 3.14. The van der Waals surface area contributed by atoms with Crippen molar-refractivity contribution < 1.29 is 14.3 Å². The van der Waals surface area contributed by atoms with Crippen molar-refractivity contribution in [3.05, 3.63) is 48.0 Å². The van der Waals surface area contributed by atoms with Crippen LogP contribution in [0.5, 0.6) is 11.5 Å². The van der Waals surface area contributed by atoms with E-state index in [1.807, 2.05) is 23.1 Å². The average molecular weight is 337 g/mol. The number of aliphatic imine (C=N–C) groups is 1. The number of ether oxygens (including phenoxy) is 2. The summed E-state index contributed by atoms with van der Waals surface area (Å²) < 4.78 is 10.6. The van der Waals surface area contributed by atoms with Gasteiger partial charge in [-0.2, -0.15) is 0 Å². The quantitative estimate of drug-likeness (QED) is 0.785. The maximum Gasteiger partial charge on any atom is 0.206 e.